The highest BCUT2D eigenvalue weighted by Crippen LogP contribution is 2.23. The number of aryl methyl sites for hydroxylation is 1. The van der Waals surface area contributed by atoms with Gasteiger partial charge in [-0.1, -0.05) is 18.2 Å². The molecule has 25 heavy (non-hydrogen) atoms. The normalized spacial score (nSPS) is 13.0. The highest BCUT2D eigenvalue weighted by molar-refractivity contribution is 5.95. The lowest BCUT2D eigenvalue weighted by atomic mass is 9.99. The van der Waals surface area contributed by atoms with E-state index in [1.54, 1.807) is 0 Å². The van der Waals surface area contributed by atoms with Gasteiger partial charge in [0.15, 0.2) is 0 Å². The minimum atomic E-state index is -0.0612. The highest BCUT2D eigenvalue weighted by atomic mass is 16.2. The summed E-state index contributed by atoms with van der Waals surface area (Å²) < 4.78 is 0. The maximum atomic E-state index is 12.3. The number of carbonyl (C=O) groups is 2. The third-order valence-corrected chi connectivity index (χ3v) is 4.39. The van der Waals surface area contributed by atoms with E-state index in [4.69, 9.17) is 0 Å². The van der Waals surface area contributed by atoms with E-state index in [1.807, 2.05) is 55.4 Å². The molecule has 0 atom stereocenters. The lowest BCUT2D eigenvalue weighted by Gasteiger charge is -2.17. The monoisotopic (exact) mass is 337 g/mol. The zero-order valence-electron chi connectivity index (χ0n) is 14.6. The van der Waals surface area contributed by atoms with Gasteiger partial charge < -0.3 is 15.5 Å². The van der Waals surface area contributed by atoms with E-state index < -0.39 is 0 Å². The maximum absolute atomic E-state index is 12.3. The number of benzene rings is 2. The second kappa shape index (κ2) is 7.38. The highest BCUT2D eigenvalue weighted by Gasteiger charge is 2.14. The van der Waals surface area contributed by atoms with Gasteiger partial charge in [0.05, 0.1) is 0 Å². The standard InChI is InChI=1S/C20H23N3O2/c1-23(2)17-5-3-4-16(13-17)20(25)21-11-10-14-6-8-18-15(12-14)7-9-19(24)22-18/h3-6,8,12-13H,7,9-11H2,1-2H3,(H,21,25)(H,22,24). The fourth-order valence-electron chi connectivity index (χ4n) is 2.94. The molecule has 0 aromatic heterocycles. The molecule has 0 aliphatic carbocycles. The van der Waals surface area contributed by atoms with E-state index in [1.165, 1.54) is 5.56 Å². The molecule has 0 unspecified atom stereocenters. The van der Waals surface area contributed by atoms with Gasteiger partial charge in [-0.2, -0.15) is 0 Å². The molecule has 1 aliphatic rings. The molecule has 0 spiro atoms. The number of anilines is 2. The Morgan fingerprint density at radius 2 is 2.00 bits per heavy atom. The van der Waals surface area contributed by atoms with E-state index in [-0.39, 0.29) is 11.8 Å². The summed E-state index contributed by atoms with van der Waals surface area (Å²) in [5, 5.41) is 5.86. The number of rotatable bonds is 5. The number of nitrogens with zero attached hydrogens (tertiary/aromatic N) is 1. The van der Waals surface area contributed by atoms with Crippen LogP contribution in [0.5, 0.6) is 0 Å². The number of amides is 2. The lowest BCUT2D eigenvalue weighted by Crippen LogP contribution is -2.26. The Kier molecular flexibility index (Phi) is 5.03. The Morgan fingerprint density at radius 3 is 2.80 bits per heavy atom. The van der Waals surface area contributed by atoms with Crippen molar-refractivity contribution in [3.63, 3.8) is 0 Å². The van der Waals surface area contributed by atoms with Gasteiger partial charge in [0, 0.05) is 44.0 Å². The van der Waals surface area contributed by atoms with Crippen LogP contribution in [0.4, 0.5) is 11.4 Å². The molecule has 5 nitrogen and oxygen atoms in total. The minimum absolute atomic E-state index is 0.0612. The topological polar surface area (TPSA) is 61.4 Å². The summed E-state index contributed by atoms with van der Waals surface area (Å²) in [5.41, 5.74) is 4.91. The molecule has 0 fully saturated rings. The van der Waals surface area contributed by atoms with Crippen molar-refractivity contribution in [3.8, 4) is 0 Å². The minimum Gasteiger partial charge on any atom is -0.378 e. The van der Waals surface area contributed by atoms with Gasteiger partial charge in [0.2, 0.25) is 5.91 Å². The summed E-state index contributed by atoms with van der Waals surface area (Å²) in [4.78, 5) is 25.7. The quantitative estimate of drug-likeness (QED) is 0.882. The molecule has 3 rings (SSSR count). The first-order chi connectivity index (χ1) is 12.0. The predicted octanol–water partition coefficient (Wildman–Crippen LogP) is 2.61. The van der Waals surface area contributed by atoms with Gasteiger partial charge in [0.1, 0.15) is 0 Å². The van der Waals surface area contributed by atoms with E-state index in [0.717, 1.165) is 29.8 Å². The van der Waals surface area contributed by atoms with Crippen molar-refractivity contribution in [1.29, 1.82) is 0 Å². The first-order valence-electron chi connectivity index (χ1n) is 8.50. The fourth-order valence-corrected chi connectivity index (χ4v) is 2.94. The summed E-state index contributed by atoms with van der Waals surface area (Å²) >= 11 is 0. The smallest absolute Gasteiger partial charge is 0.251 e. The summed E-state index contributed by atoms with van der Waals surface area (Å²) in [5.74, 6) is 0.0152. The molecule has 0 bridgehead atoms. The molecule has 1 heterocycles. The van der Waals surface area contributed by atoms with Crippen molar-refractivity contribution in [3.05, 3.63) is 59.2 Å². The van der Waals surface area contributed by atoms with E-state index >= 15 is 0 Å². The SMILES string of the molecule is CN(C)c1cccc(C(=O)NCCc2ccc3c(c2)CCC(=O)N3)c1. The average molecular weight is 337 g/mol. The zero-order valence-corrected chi connectivity index (χ0v) is 14.6. The first kappa shape index (κ1) is 17.0. The lowest BCUT2D eigenvalue weighted by molar-refractivity contribution is -0.116. The van der Waals surface area contributed by atoms with Gasteiger partial charge in [-0.3, -0.25) is 9.59 Å². The third kappa shape index (κ3) is 4.18. The van der Waals surface area contributed by atoms with E-state index in [9.17, 15) is 9.59 Å². The van der Waals surface area contributed by atoms with Crippen LogP contribution in [-0.2, 0) is 17.6 Å². The molecule has 0 radical (unpaired) electrons. The Hall–Kier alpha value is -2.82. The fraction of sp³-hybridized carbons (Fsp3) is 0.300. The van der Waals surface area contributed by atoms with Crippen LogP contribution in [0.1, 0.15) is 27.9 Å². The van der Waals surface area contributed by atoms with Crippen molar-refractivity contribution < 1.29 is 9.59 Å². The molecule has 130 valence electrons. The van der Waals surface area contributed by atoms with Gasteiger partial charge in [-0.05, 0) is 48.2 Å². The van der Waals surface area contributed by atoms with Gasteiger partial charge in [0.25, 0.3) is 5.91 Å². The Morgan fingerprint density at radius 1 is 1.16 bits per heavy atom. The van der Waals surface area contributed by atoms with Crippen molar-refractivity contribution in [2.45, 2.75) is 19.3 Å². The van der Waals surface area contributed by atoms with Crippen LogP contribution in [0.15, 0.2) is 42.5 Å². The second-order valence-corrected chi connectivity index (χ2v) is 6.49. The van der Waals surface area contributed by atoms with Crippen molar-refractivity contribution in [2.75, 3.05) is 30.9 Å². The van der Waals surface area contributed by atoms with Gasteiger partial charge in [-0.15, -0.1) is 0 Å². The van der Waals surface area contributed by atoms with Crippen LogP contribution in [0.3, 0.4) is 0 Å². The van der Waals surface area contributed by atoms with Crippen molar-refractivity contribution in [2.24, 2.45) is 0 Å². The van der Waals surface area contributed by atoms with Crippen molar-refractivity contribution in [1.82, 2.24) is 5.32 Å². The molecule has 1 aliphatic heterocycles. The van der Waals surface area contributed by atoms with Crippen LogP contribution < -0.4 is 15.5 Å². The van der Waals surface area contributed by atoms with E-state index in [2.05, 4.69) is 16.7 Å². The Balaban J connectivity index is 1.57. The molecule has 2 aromatic carbocycles. The first-order valence-corrected chi connectivity index (χ1v) is 8.50. The number of hydrogen-bond donors (Lipinski definition) is 2. The molecule has 2 aromatic rings. The second-order valence-electron chi connectivity index (χ2n) is 6.49. The third-order valence-electron chi connectivity index (χ3n) is 4.39. The molecule has 0 saturated carbocycles. The van der Waals surface area contributed by atoms with Crippen LogP contribution in [-0.4, -0.2) is 32.5 Å². The summed E-state index contributed by atoms with van der Waals surface area (Å²) in [7, 11) is 3.91. The number of hydrogen-bond acceptors (Lipinski definition) is 3. The summed E-state index contributed by atoms with van der Waals surface area (Å²) in [6.07, 6.45) is 2.08. The predicted molar refractivity (Wildman–Crippen MR) is 100 cm³/mol. The molecular formula is C20H23N3O2. The number of nitrogens with one attached hydrogen (secondary N) is 2. The largest absolute Gasteiger partial charge is 0.378 e. The molecule has 0 saturated heterocycles. The van der Waals surface area contributed by atoms with Crippen molar-refractivity contribution >= 4 is 23.2 Å². The van der Waals surface area contributed by atoms with Gasteiger partial charge >= 0.3 is 0 Å². The number of fused-ring (bicyclic) bond motifs is 1. The number of carbonyl (C=O) groups excluding carboxylic acids is 2. The Labute approximate surface area is 148 Å². The molecule has 5 heteroatoms. The molecule has 2 N–H and O–H groups in total. The Bertz CT molecular complexity index is 799. The summed E-state index contributed by atoms with van der Waals surface area (Å²) in [6, 6.07) is 13.6. The van der Waals surface area contributed by atoms with Gasteiger partial charge in [-0.25, -0.2) is 0 Å². The summed E-state index contributed by atoms with van der Waals surface area (Å²) in [6.45, 7) is 0.580. The zero-order chi connectivity index (χ0) is 17.8. The van der Waals surface area contributed by atoms with Crippen LogP contribution in [0.25, 0.3) is 0 Å². The molecule has 2 amide bonds. The van der Waals surface area contributed by atoms with Crippen LogP contribution in [0, 0.1) is 0 Å². The molecular weight excluding hydrogens is 314 g/mol. The van der Waals surface area contributed by atoms with Crippen LogP contribution >= 0.6 is 0 Å². The maximum Gasteiger partial charge on any atom is 0.251 e. The van der Waals surface area contributed by atoms with E-state index in [0.29, 0.717) is 18.5 Å². The average Bonchev–Trinajstić information content (AvgIpc) is 2.61. The van der Waals surface area contributed by atoms with Crippen LogP contribution in [0.2, 0.25) is 0 Å².